The number of hydrogen-bond acceptors (Lipinski definition) is 6. The maximum atomic E-state index is 12.6. The highest BCUT2D eigenvalue weighted by Crippen LogP contribution is 2.34. The van der Waals surface area contributed by atoms with E-state index < -0.39 is 0 Å². The van der Waals surface area contributed by atoms with Crippen molar-refractivity contribution in [3.63, 3.8) is 0 Å². The molecule has 0 bridgehead atoms. The fourth-order valence-corrected chi connectivity index (χ4v) is 4.06. The lowest BCUT2D eigenvalue weighted by molar-refractivity contribution is 0.0974. The first-order valence-electron chi connectivity index (χ1n) is 8.16. The van der Waals surface area contributed by atoms with Gasteiger partial charge < -0.3 is 4.90 Å². The van der Waals surface area contributed by atoms with Gasteiger partial charge in [-0.25, -0.2) is 14.6 Å². The van der Waals surface area contributed by atoms with Gasteiger partial charge in [0.2, 0.25) is 0 Å². The van der Waals surface area contributed by atoms with E-state index in [2.05, 4.69) is 41.0 Å². The van der Waals surface area contributed by atoms with Gasteiger partial charge in [-0.15, -0.1) is 0 Å². The predicted molar refractivity (Wildman–Crippen MR) is 96.5 cm³/mol. The highest BCUT2D eigenvalue weighted by atomic mass is 79.9. The van der Waals surface area contributed by atoms with Crippen molar-refractivity contribution in [1.82, 2.24) is 29.5 Å². The number of fused-ring (bicyclic) bond motifs is 1. The van der Waals surface area contributed by atoms with Gasteiger partial charge in [0.25, 0.3) is 0 Å². The second kappa shape index (κ2) is 6.21. The molecule has 4 heterocycles. The molecule has 1 unspecified atom stereocenters. The molecule has 3 aromatic rings. The number of carbonyl (C=O) groups excluding carboxylic acids is 1. The molecule has 1 saturated heterocycles. The Bertz CT molecular complexity index is 947. The molecule has 130 valence electrons. The number of nitrogens with zero attached hydrogens (tertiary/aromatic N) is 7. The first-order valence-corrected chi connectivity index (χ1v) is 8.95. The van der Waals surface area contributed by atoms with Crippen LogP contribution in [0.5, 0.6) is 0 Å². The molecule has 1 aliphatic heterocycles. The molecule has 0 aliphatic carbocycles. The van der Waals surface area contributed by atoms with Crippen LogP contribution in [-0.2, 0) is 14.1 Å². The number of hydrogen-bond donors (Lipinski definition) is 0. The second-order valence-corrected chi connectivity index (χ2v) is 7.08. The topological polar surface area (TPSA) is 81.7 Å². The van der Waals surface area contributed by atoms with Crippen LogP contribution in [0, 0.1) is 0 Å². The highest BCUT2D eigenvalue weighted by Gasteiger charge is 2.30. The minimum absolute atomic E-state index is 0.112. The molecule has 0 radical (unpaired) electrons. The van der Waals surface area contributed by atoms with E-state index in [9.17, 15) is 4.79 Å². The summed E-state index contributed by atoms with van der Waals surface area (Å²) in [5, 5.41) is 9.37. The van der Waals surface area contributed by atoms with Gasteiger partial charge >= 0.3 is 0 Å². The molecular formula is C16H18BrN7O. The van der Waals surface area contributed by atoms with Gasteiger partial charge in [-0.1, -0.05) is 0 Å². The summed E-state index contributed by atoms with van der Waals surface area (Å²) in [6, 6.07) is 0.123. The number of carbonyl (C=O) groups is 1. The predicted octanol–water partition coefficient (Wildman–Crippen LogP) is 2.10. The van der Waals surface area contributed by atoms with Crippen LogP contribution in [0.3, 0.4) is 0 Å². The Hall–Kier alpha value is -2.29. The summed E-state index contributed by atoms with van der Waals surface area (Å²) in [5.41, 5.74) is 1.44. The standard InChI is InChI=1S/C16H18BrN7O/c1-22-8-10(7-20-22)12(25)6-11-4-3-5-24(11)16-13-14(17)21-23(2)15(13)18-9-19-16/h7-9,11H,3-6H2,1-2H3. The summed E-state index contributed by atoms with van der Waals surface area (Å²) in [5.74, 6) is 0.951. The molecule has 8 nitrogen and oxygen atoms in total. The molecule has 0 amide bonds. The lowest BCUT2D eigenvalue weighted by atomic mass is 10.0. The smallest absolute Gasteiger partial charge is 0.168 e. The number of Topliss-reactive ketones (excluding diaryl/α,β-unsaturated/α-hetero) is 1. The zero-order valence-electron chi connectivity index (χ0n) is 14.1. The third-order valence-electron chi connectivity index (χ3n) is 4.65. The number of ketones is 1. The van der Waals surface area contributed by atoms with Crippen molar-refractivity contribution in [3.8, 4) is 0 Å². The van der Waals surface area contributed by atoms with E-state index in [1.807, 2.05) is 14.1 Å². The van der Waals surface area contributed by atoms with E-state index >= 15 is 0 Å². The third kappa shape index (κ3) is 2.82. The fraction of sp³-hybridized carbons (Fsp3) is 0.438. The molecule has 1 aliphatic rings. The Labute approximate surface area is 153 Å². The van der Waals surface area contributed by atoms with Gasteiger partial charge in [-0.05, 0) is 28.8 Å². The van der Waals surface area contributed by atoms with Crippen LogP contribution in [0.1, 0.15) is 29.6 Å². The van der Waals surface area contributed by atoms with E-state index in [0.717, 1.165) is 40.8 Å². The van der Waals surface area contributed by atoms with Gasteiger partial charge in [0.05, 0.1) is 17.1 Å². The monoisotopic (exact) mass is 403 g/mol. The second-order valence-electron chi connectivity index (χ2n) is 6.33. The molecule has 0 aromatic carbocycles. The maximum Gasteiger partial charge on any atom is 0.168 e. The van der Waals surface area contributed by atoms with Crippen molar-refractivity contribution < 1.29 is 4.79 Å². The van der Waals surface area contributed by atoms with Crippen molar-refractivity contribution in [1.29, 1.82) is 0 Å². The molecule has 4 rings (SSSR count). The summed E-state index contributed by atoms with van der Waals surface area (Å²) < 4.78 is 4.11. The third-order valence-corrected chi connectivity index (χ3v) is 5.21. The normalized spacial score (nSPS) is 17.6. The zero-order valence-corrected chi connectivity index (χ0v) is 15.6. The summed E-state index contributed by atoms with van der Waals surface area (Å²) in [6.45, 7) is 0.873. The van der Waals surface area contributed by atoms with E-state index in [-0.39, 0.29) is 11.8 Å². The van der Waals surface area contributed by atoms with Crippen LogP contribution in [-0.4, -0.2) is 47.9 Å². The van der Waals surface area contributed by atoms with Gasteiger partial charge in [0.15, 0.2) is 11.4 Å². The Morgan fingerprint density at radius 3 is 2.96 bits per heavy atom. The van der Waals surface area contributed by atoms with E-state index in [4.69, 9.17) is 0 Å². The molecule has 0 saturated carbocycles. The van der Waals surface area contributed by atoms with Crippen LogP contribution in [0.15, 0.2) is 23.3 Å². The lowest BCUT2D eigenvalue weighted by Crippen LogP contribution is -2.32. The van der Waals surface area contributed by atoms with Crippen LogP contribution in [0.4, 0.5) is 5.82 Å². The number of rotatable bonds is 4. The highest BCUT2D eigenvalue weighted by molar-refractivity contribution is 9.10. The average Bonchev–Trinajstić information content (AvgIpc) is 3.28. The quantitative estimate of drug-likeness (QED) is 0.620. The number of halogens is 1. The van der Waals surface area contributed by atoms with Crippen LogP contribution >= 0.6 is 15.9 Å². The van der Waals surface area contributed by atoms with Gasteiger partial charge in [0.1, 0.15) is 16.7 Å². The molecular weight excluding hydrogens is 386 g/mol. The van der Waals surface area contributed by atoms with E-state index in [0.29, 0.717) is 12.0 Å². The molecule has 25 heavy (non-hydrogen) atoms. The first kappa shape index (κ1) is 16.2. The maximum absolute atomic E-state index is 12.6. The van der Waals surface area contributed by atoms with Crippen molar-refractivity contribution in [3.05, 3.63) is 28.9 Å². The lowest BCUT2D eigenvalue weighted by Gasteiger charge is -2.25. The van der Waals surface area contributed by atoms with Crippen molar-refractivity contribution in [2.24, 2.45) is 14.1 Å². The summed E-state index contributed by atoms with van der Waals surface area (Å²) in [6.07, 6.45) is 7.41. The minimum atomic E-state index is 0.112. The largest absolute Gasteiger partial charge is 0.352 e. The van der Waals surface area contributed by atoms with Crippen molar-refractivity contribution in [2.45, 2.75) is 25.3 Å². The molecule has 1 fully saturated rings. The molecule has 9 heteroatoms. The summed E-state index contributed by atoms with van der Waals surface area (Å²) >= 11 is 3.51. The van der Waals surface area contributed by atoms with Gasteiger partial charge in [-0.3, -0.25) is 9.48 Å². The fourth-order valence-electron chi connectivity index (χ4n) is 3.47. The summed E-state index contributed by atoms with van der Waals surface area (Å²) in [7, 11) is 3.67. The van der Waals surface area contributed by atoms with Gasteiger partial charge in [0, 0.05) is 39.3 Å². The first-order chi connectivity index (χ1) is 12.0. The van der Waals surface area contributed by atoms with Gasteiger partial charge in [-0.2, -0.15) is 10.2 Å². The van der Waals surface area contributed by atoms with Crippen LogP contribution < -0.4 is 4.90 Å². The average molecular weight is 404 g/mol. The Kier molecular flexibility index (Phi) is 4.03. The number of anilines is 1. The SMILES string of the molecule is Cn1cc(C(=O)CC2CCCN2c2ncnc3c2c(Br)nn3C)cn1. The van der Waals surface area contributed by atoms with E-state index in [1.54, 1.807) is 28.1 Å². The minimum Gasteiger partial charge on any atom is -0.352 e. The van der Waals surface area contributed by atoms with Crippen molar-refractivity contribution >= 4 is 38.6 Å². The number of aryl methyl sites for hydroxylation is 2. The molecule has 0 spiro atoms. The Morgan fingerprint density at radius 2 is 2.20 bits per heavy atom. The van der Waals surface area contributed by atoms with E-state index in [1.165, 1.54) is 0 Å². The zero-order chi connectivity index (χ0) is 17.6. The molecule has 0 N–H and O–H groups in total. The number of aromatic nitrogens is 6. The van der Waals surface area contributed by atoms with Crippen LogP contribution in [0.25, 0.3) is 11.0 Å². The Balaban J connectivity index is 1.65. The van der Waals surface area contributed by atoms with Crippen molar-refractivity contribution in [2.75, 3.05) is 11.4 Å². The Morgan fingerprint density at radius 1 is 1.36 bits per heavy atom. The molecule has 1 atom stereocenters. The summed E-state index contributed by atoms with van der Waals surface area (Å²) in [4.78, 5) is 23.6. The molecule has 3 aromatic heterocycles. The van der Waals surface area contributed by atoms with Crippen LogP contribution in [0.2, 0.25) is 0 Å².